The van der Waals surface area contributed by atoms with Crippen molar-refractivity contribution in [1.29, 1.82) is 0 Å². The van der Waals surface area contributed by atoms with Crippen molar-refractivity contribution >= 4 is 34.3 Å². The van der Waals surface area contributed by atoms with Crippen molar-refractivity contribution in [1.82, 2.24) is 9.88 Å². The van der Waals surface area contributed by atoms with E-state index in [4.69, 9.17) is 11.6 Å². The van der Waals surface area contributed by atoms with Gasteiger partial charge < -0.3 is 4.98 Å². The number of carbonyl (C=O) groups excluding carboxylic acids is 2. The van der Waals surface area contributed by atoms with Crippen molar-refractivity contribution in [2.24, 2.45) is 0 Å². The van der Waals surface area contributed by atoms with Gasteiger partial charge in [0.2, 0.25) is 0 Å². The third-order valence-electron chi connectivity index (χ3n) is 5.49. The molecule has 1 aliphatic rings. The Balaban J connectivity index is 1.52. The second kappa shape index (κ2) is 7.11. The number of fused-ring (bicyclic) bond motifs is 2. The highest BCUT2D eigenvalue weighted by Gasteiger charge is 2.34. The molecule has 6 heteroatoms. The van der Waals surface area contributed by atoms with E-state index >= 15 is 0 Å². The van der Waals surface area contributed by atoms with Crippen molar-refractivity contribution in [3.63, 3.8) is 0 Å². The Hall–Kier alpha value is -3.44. The van der Waals surface area contributed by atoms with Crippen LogP contribution in [-0.2, 0) is 6.42 Å². The number of nitrogens with zero attached hydrogens (tertiary/aromatic N) is 1. The number of nitrogens with one attached hydrogen (secondary N) is 1. The van der Waals surface area contributed by atoms with Crippen LogP contribution >= 0.6 is 11.6 Å². The normalized spacial score (nSPS) is 13.3. The summed E-state index contributed by atoms with van der Waals surface area (Å²) in [5.41, 5.74) is 4.29. The third-order valence-corrected chi connectivity index (χ3v) is 5.78. The number of carbonyl (C=O) groups is 2. The largest absolute Gasteiger partial charge is 0.354 e. The summed E-state index contributed by atoms with van der Waals surface area (Å²) in [7, 11) is 0. The van der Waals surface area contributed by atoms with E-state index in [1.54, 1.807) is 36.4 Å². The molecule has 1 aliphatic heterocycles. The highest BCUT2D eigenvalue weighted by Crippen LogP contribution is 2.33. The zero-order valence-electron chi connectivity index (χ0n) is 15.8. The van der Waals surface area contributed by atoms with E-state index in [1.807, 2.05) is 24.3 Å². The number of imide groups is 1. The number of aromatic nitrogens is 1. The minimum absolute atomic E-state index is 0.0393. The van der Waals surface area contributed by atoms with Crippen LogP contribution in [0, 0.1) is 5.82 Å². The molecule has 0 bridgehead atoms. The number of H-pyrrole nitrogens is 1. The third kappa shape index (κ3) is 2.90. The molecule has 148 valence electrons. The first-order valence-electron chi connectivity index (χ1n) is 9.55. The Morgan fingerprint density at radius 3 is 2.27 bits per heavy atom. The lowest BCUT2D eigenvalue weighted by molar-refractivity contribution is 0.0656. The first kappa shape index (κ1) is 18.6. The number of aromatic amines is 1. The lowest BCUT2D eigenvalue weighted by Crippen LogP contribution is -2.31. The molecule has 1 aromatic heterocycles. The molecule has 30 heavy (non-hydrogen) atoms. The van der Waals surface area contributed by atoms with Gasteiger partial charge in [0.05, 0.1) is 16.1 Å². The van der Waals surface area contributed by atoms with Crippen LogP contribution in [0.3, 0.4) is 0 Å². The fraction of sp³-hybridized carbons (Fsp3) is 0.0833. The number of para-hydroxylation sites is 1. The molecule has 4 nitrogen and oxygen atoms in total. The fourth-order valence-electron chi connectivity index (χ4n) is 4.02. The highest BCUT2D eigenvalue weighted by molar-refractivity contribution is 6.31. The zero-order chi connectivity index (χ0) is 20.8. The number of amides is 2. The number of hydrogen-bond acceptors (Lipinski definition) is 2. The molecule has 0 unspecified atom stereocenters. The first-order chi connectivity index (χ1) is 14.5. The molecule has 2 heterocycles. The fourth-order valence-corrected chi connectivity index (χ4v) is 4.20. The maximum atomic E-state index is 13.7. The van der Waals surface area contributed by atoms with Crippen LogP contribution < -0.4 is 0 Å². The number of hydrogen-bond donors (Lipinski definition) is 1. The average molecular weight is 419 g/mol. The summed E-state index contributed by atoms with van der Waals surface area (Å²) < 4.78 is 13.7. The molecule has 0 spiro atoms. The molecule has 5 rings (SSSR count). The average Bonchev–Trinajstić information content (AvgIpc) is 3.24. The van der Waals surface area contributed by atoms with Crippen LogP contribution in [0.4, 0.5) is 4.39 Å². The summed E-state index contributed by atoms with van der Waals surface area (Å²) in [4.78, 5) is 30.1. The number of halogens is 2. The van der Waals surface area contributed by atoms with Gasteiger partial charge in [-0.1, -0.05) is 41.9 Å². The Morgan fingerprint density at radius 1 is 0.900 bits per heavy atom. The molecule has 3 aromatic carbocycles. The predicted octanol–water partition coefficient (Wildman–Crippen LogP) is 5.47. The van der Waals surface area contributed by atoms with Gasteiger partial charge in [-0.3, -0.25) is 14.5 Å². The molecule has 1 N–H and O–H groups in total. The Morgan fingerprint density at radius 2 is 1.57 bits per heavy atom. The van der Waals surface area contributed by atoms with Crippen LogP contribution in [0.2, 0.25) is 5.02 Å². The van der Waals surface area contributed by atoms with E-state index in [0.29, 0.717) is 17.5 Å². The Labute approximate surface area is 176 Å². The Kier molecular flexibility index (Phi) is 4.40. The maximum absolute atomic E-state index is 13.7. The lowest BCUT2D eigenvalue weighted by atomic mass is 10.0. The molecule has 0 fully saturated rings. The van der Waals surface area contributed by atoms with Gasteiger partial charge in [0.1, 0.15) is 5.82 Å². The quantitative estimate of drug-likeness (QED) is 0.447. The van der Waals surface area contributed by atoms with Crippen LogP contribution in [0.25, 0.3) is 22.2 Å². The Bertz CT molecular complexity index is 1290. The van der Waals surface area contributed by atoms with Crippen molar-refractivity contribution in [3.05, 3.63) is 94.3 Å². The molecule has 0 saturated heterocycles. The summed E-state index contributed by atoms with van der Waals surface area (Å²) >= 11 is 6.00. The highest BCUT2D eigenvalue weighted by atomic mass is 35.5. The lowest BCUT2D eigenvalue weighted by Gasteiger charge is -2.14. The summed E-state index contributed by atoms with van der Waals surface area (Å²) in [6.45, 7) is 0.246. The summed E-state index contributed by atoms with van der Waals surface area (Å²) in [5.74, 6) is -1.03. The zero-order valence-corrected chi connectivity index (χ0v) is 16.5. The molecule has 0 radical (unpaired) electrons. The van der Waals surface area contributed by atoms with E-state index in [9.17, 15) is 14.0 Å². The smallest absolute Gasteiger partial charge is 0.261 e. The molecule has 0 saturated carbocycles. The first-order valence-corrected chi connectivity index (χ1v) is 9.92. The molecular weight excluding hydrogens is 403 g/mol. The van der Waals surface area contributed by atoms with E-state index in [2.05, 4.69) is 4.98 Å². The van der Waals surface area contributed by atoms with Gasteiger partial charge in [0.25, 0.3) is 11.8 Å². The van der Waals surface area contributed by atoms with Crippen molar-refractivity contribution in [3.8, 4) is 11.3 Å². The summed E-state index contributed by atoms with van der Waals surface area (Å²) in [6.07, 6.45) is 0.458. The minimum Gasteiger partial charge on any atom is -0.354 e. The van der Waals surface area contributed by atoms with Gasteiger partial charge in [-0.2, -0.15) is 0 Å². The number of rotatable bonds is 4. The number of benzene rings is 3. The standard InChI is InChI=1S/C24H16ClFN2O2/c25-19-13-14(9-10-20(19)26)22-16(15-5-3-4-8-21(15)27-22)11-12-28-23(29)17-6-1-2-7-18(17)24(28)30/h1-10,13,27H,11-12H2. The summed E-state index contributed by atoms with van der Waals surface area (Å²) in [5, 5.41) is 1.03. The summed E-state index contributed by atoms with van der Waals surface area (Å²) in [6, 6.07) is 19.2. The molecular formula is C24H16ClFN2O2. The van der Waals surface area contributed by atoms with Gasteiger partial charge in [0, 0.05) is 23.1 Å². The van der Waals surface area contributed by atoms with Gasteiger partial charge in [0.15, 0.2) is 0 Å². The van der Waals surface area contributed by atoms with Crippen LogP contribution in [0.1, 0.15) is 26.3 Å². The predicted molar refractivity (Wildman–Crippen MR) is 114 cm³/mol. The van der Waals surface area contributed by atoms with Gasteiger partial charge in [-0.15, -0.1) is 0 Å². The van der Waals surface area contributed by atoms with Crippen molar-refractivity contribution in [2.75, 3.05) is 6.54 Å². The maximum Gasteiger partial charge on any atom is 0.261 e. The molecule has 0 aliphatic carbocycles. The van der Waals surface area contributed by atoms with Crippen molar-refractivity contribution < 1.29 is 14.0 Å². The van der Waals surface area contributed by atoms with E-state index in [-0.39, 0.29) is 23.4 Å². The van der Waals surface area contributed by atoms with Crippen LogP contribution in [0.15, 0.2) is 66.7 Å². The molecule has 4 aromatic rings. The van der Waals surface area contributed by atoms with Gasteiger partial charge >= 0.3 is 0 Å². The topological polar surface area (TPSA) is 53.2 Å². The van der Waals surface area contributed by atoms with E-state index in [0.717, 1.165) is 27.7 Å². The van der Waals surface area contributed by atoms with Crippen LogP contribution in [-0.4, -0.2) is 28.2 Å². The van der Waals surface area contributed by atoms with E-state index in [1.165, 1.54) is 11.0 Å². The molecule has 2 amide bonds. The van der Waals surface area contributed by atoms with Crippen LogP contribution in [0.5, 0.6) is 0 Å². The minimum atomic E-state index is -0.482. The van der Waals surface area contributed by atoms with E-state index < -0.39 is 5.82 Å². The second-order valence-electron chi connectivity index (χ2n) is 7.21. The van der Waals surface area contributed by atoms with Gasteiger partial charge in [-0.05, 0) is 53.9 Å². The SMILES string of the molecule is O=C1c2ccccc2C(=O)N1CCc1c(-c2ccc(F)c(Cl)c2)[nH]c2ccccc12. The second-order valence-corrected chi connectivity index (χ2v) is 7.62. The van der Waals surface area contributed by atoms with Crippen molar-refractivity contribution in [2.45, 2.75) is 6.42 Å². The molecule has 0 atom stereocenters. The monoisotopic (exact) mass is 418 g/mol. The van der Waals surface area contributed by atoms with Gasteiger partial charge in [-0.25, -0.2) is 4.39 Å².